The van der Waals surface area contributed by atoms with Crippen LogP contribution < -0.4 is 5.32 Å². The number of rotatable bonds is 0. The Morgan fingerprint density at radius 2 is 2.17 bits per heavy atom. The van der Waals surface area contributed by atoms with Crippen LogP contribution in [-0.2, 0) is 6.42 Å². The highest BCUT2D eigenvalue weighted by atomic mass is 15.0. The molecule has 1 aliphatic rings. The topological polar surface area (TPSA) is 24.9 Å². The minimum Gasteiger partial charge on any atom is -0.370 e. The van der Waals surface area contributed by atoms with Gasteiger partial charge in [-0.1, -0.05) is 19.9 Å². The van der Waals surface area contributed by atoms with Crippen LogP contribution in [0.5, 0.6) is 0 Å². The van der Waals surface area contributed by atoms with Crippen LogP contribution >= 0.6 is 0 Å². The fourth-order valence-electron chi connectivity index (χ4n) is 1.30. The first-order chi connectivity index (χ1) is 5.86. The van der Waals surface area contributed by atoms with E-state index in [0.29, 0.717) is 0 Å². The van der Waals surface area contributed by atoms with Gasteiger partial charge in [0.05, 0.1) is 0 Å². The van der Waals surface area contributed by atoms with E-state index in [1.165, 1.54) is 11.1 Å². The Labute approximate surface area is 74.0 Å². The highest BCUT2D eigenvalue weighted by Crippen LogP contribution is 2.18. The second kappa shape index (κ2) is 4.10. The molecular formula is C10H16N2. The van der Waals surface area contributed by atoms with Gasteiger partial charge in [0.15, 0.2) is 0 Å². The molecular weight excluding hydrogens is 148 g/mol. The third-order valence-electron chi connectivity index (χ3n) is 1.79. The predicted molar refractivity (Wildman–Crippen MR) is 52.5 cm³/mol. The van der Waals surface area contributed by atoms with Crippen LogP contribution in [0, 0.1) is 6.92 Å². The van der Waals surface area contributed by atoms with Crippen molar-refractivity contribution < 1.29 is 0 Å². The van der Waals surface area contributed by atoms with Gasteiger partial charge in [-0.15, -0.1) is 0 Å². The molecule has 1 N–H and O–H groups in total. The van der Waals surface area contributed by atoms with Crippen molar-refractivity contribution in [2.45, 2.75) is 27.2 Å². The van der Waals surface area contributed by atoms with Crippen LogP contribution in [0.4, 0.5) is 5.82 Å². The van der Waals surface area contributed by atoms with Gasteiger partial charge in [0, 0.05) is 12.7 Å². The van der Waals surface area contributed by atoms with Crippen LogP contribution in [0.3, 0.4) is 0 Å². The molecule has 0 radical (unpaired) electrons. The smallest absolute Gasteiger partial charge is 0.129 e. The second-order valence-electron chi connectivity index (χ2n) is 2.70. The Morgan fingerprint density at radius 1 is 1.42 bits per heavy atom. The highest BCUT2D eigenvalue weighted by molar-refractivity contribution is 5.49. The van der Waals surface area contributed by atoms with Crippen LogP contribution in [0.25, 0.3) is 0 Å². The first kappa shape index (κ1) is 9.04. The third-order valence-corrected chi connectivity index (χ3v) is 1.79. The zero-order valence-corrected chi connectivity index (χ0v) is 8.02. The first-order valence-electron chi connectivity index (χ1n) is 4.55. The van der Waals surface area contributed by atoms with Crippen molar-refractivity contribution >= 4 is 5.82 Å². The first-order valence-corrected chi connectivity index (χ1v) is 4.55. The number of fused-ring (bicyclic) bond motifs is 1. The average molecular weight is 164 g/mol. The van der Waals surface area contributed by atoms with Crippen molar-refractivity contribution in [2.24, 2.45) is 0 Å². The summed E-state index contributed by atoms with van der Waals surface area (Å²) >= 11 is 0. The Morgan fingerprint density at radius 3 is 2.92 bits per heavy atom. The summed E-state index contributed by atoms with van der Waals surface area (Å²) < 4.78 is 0. The molecule has 2 heterocycles. The number of anilines is 1. The van der Waals surface area contributed by atoms with Gasteiger partial charge in [-0.25, -0.2) is 4.98 Å². The van der Waals surface area contributed by atoms with Crippen molar-refractivity contribution in [3.05, 3.63) is 23.4 Å². The van der Waals surface area contributed by atoms with Gasteiger partial charge < -0.3 is 5.32 Å². The van der Waals surface area contributed by atoms with E-state index in [4.69, 9.17) is 0 Å². The Balaban J connectivity index is 0.000000336. The van der Waals surface area contributed by atoms with E-state index >= 15 is 0 Å². The van der Waals surface area contributed by atoms with Gasteiger partial charge in [-0.2, -0.15) is 0 Å². The molecule has 0 atom stereocenters. The summed E-state index contributed by atoms with van der Waals surface area (Å²) in [5.74, 6) is 1.07. The molecule has 1 aromatic heterocycles. The molecule has 2 heteroatoms. The summed E-state index contributed by atoms with van der Waals surface area (Å²) in [6.45, 7) is 7.12. The molecule has 0 spiro atoms. The molecule has 1 aromatic rings. The number of nitrogens with zero attached hydrogens (tertiary/aromatic N) is 1. The summed E-state index contributed by atoms with van der Waals surface area (Å²) in [7, 11) is 0. The van der Waals surface area contributed by atoms with Crippen molar-refractivity contribution in [2.75, 3.05) is 11.9 Å². The second-order valence-corrected chi connectivity index (χ2v) is 2.70. The minimum atomic E-state index is 1.05. The van der Waals surface area contributed by atoms with E-state index in [-0.39, 0.29) is 0 Å². The standard InChI is InChI=1S/C8H10N2.C2H6/c1-6-4-7-2-3-9-8(7)10-5-6;1-2/h4-5H,2-3H2,1H3,(H,9,10);1-2H3. The van der Waals surface area contributed by atoms with Gasteiger partial charge in [0.2, 0.25) is 0 Å². The number of pyridine rings is 1. The number of aromatic nitrogens is 1. The summed E-state index contributed by atoms with van der Waals surface area (Å²) in [6, 6.07) is 2.20. The molecule has 2 rings (SSSR count). The lowest BCUT2D eigenvalue weighted by molar-refractivity contribution is 1.10. The third kappa shape index (κ3) is 1.76. The van der Waals surface area contributed by atoms with E-state index in [1.54, 1.807) is 0 Å². The number of aryl methyl sites for hydroxylation is 1. The van der Waals surface area contributed by atoms with Gasteiger partial charge in [0.25, 0.3) is 0 Å². The fraction of sp³-hybridized carbons (Fsp3) is 0.500. The molecule has 66 valence electrons. The van der Waals surface area contributed by atoms with E-state index in [0.717, 1.165) is 18.8 Å². The summed E-state index contributed by atoms with van der Waals surface area (Å²) in [5, 5.41) is 3.22. The van der Waals surface area contributed by atoms with Crippen molar-refractivity contribution in [1.29, 1.82) is 0 Å². The van der Waals surface area contributed by atoms with E-state index in [2.05, 4.69) is 23.3 Å². The molecule has 2 nitrogen and oxygen atoms in total. The molecule has 0 amide bonds. The molecule has 0 fully saturated rings. The molecule has 0 bridgehead atoms. The Hall–Kier alpha value is -1.05. The lowest BCUT2D eigenvalue weighted by Gasteiger charge is -1.97. The Bertz CT molecular complexity index is 256. The number of nitrogens with one attached hydrogen (secondary N) is 1. The molecule has 0 aromatic carbocycles. The van der Waals surface area contributed by atoms with E-state index < -0.39 is 0 Å². The molecule has 0 aliphatic carbocycles. The van der Waals surface area contributed by atoms with Crippen LogP contribution in [-0.4, -0.2) is 11.5 Å². The zero-order chi connectivity index (χ0) is 8.97. The minimum absolute atomic E-state index is 1.05. The van der Waals surface area contributed by atoms with Crippen LogP contribution in [0.1, 0.15) is 25.0 Å². The van der Waals surface area contributed by atoms with E-state index in [9.17, 15) is 0 Å². The maximum Gasteiger partial charge on any atom is 0.129 e. The predicted octanol–water partition coefficient (Wildman–Crippen LogP) is 2.38. The molecule has 12 heavy (non-hydrogen) atoms. The van der Waals surface area contributed by atoms with E-state index in [1.807, 2.05) is 20.0 Å². The maximum absolute atomic E-state index is 4.25. The van der Waals surface area contributed by atoms with Crippen molar-refractivity contribution in [1.82, 2.24) is 4.98 Å². The van der Waals surface area contributed by atoms with Crippen molar-refractivity contribution in [3.63, 3.8) is 0 Å². The zero-order valence-electron chi connectivity index (χ0n) is 8.02. The molecule has 1 aliphatic heterocycles. The normalized spacial score (nSPS) is 12.6. The summed E-state index contributed by atoms with van der Waals surface area (Å²) in [4.78, 5) is 4.25. The number of hydrogen-bond acceptors (Lipinski definition) is 2. The number of hydrogen-bond donors (Lipinski definition) is 1. The average Bonchev–Trinajstić information content (AvgIpc) is 2.54. The maximum atomic E-state index is 4.25. The monoisotopic (exact) mass is 164 g/mol. The van der Waals surface area contributed by atoms with Gasteiger partial charge in [0.1, 0.15) is 5.82 Å². The highest BCUT2D eigenvalue weighted by Gasteiger charge is 2.09. The van der Waals surface area contributed by atoms with Crippen LogP contribution in [0.2, 0.25) is 0 Å². The van der Waals surface area contributed by atoms with Gasteiger partial charge in [-0.05, 0) is 24.5 Å². The Kier molecular flexibility index (Phi) is 3.09. The van der Waals surface area contributed by atoms with Crippen molar-refractivity contribution in [3.8, 4) is 0 Å². The quantitative estimate of drug-likeness (QED) is 0.636. The molecule has 0 unspecified atom stereocenters. The van der Waals surface area contributed by atoms with Gasteiger partial charge >= 0.3 is 0 Å². The molecule has 0 saturated heterocycles. The van der Waals surface area contributed by atoms with Crippen LogP contribution in [0.15, 0.2) is 12.3 Å². The SMILES string of the molecule is CC.Cc1cnc2c(c1)CCN2. The lowest BCUT2D eigenvalue weighted by atomic mass is 10.2. The summed E-state index contributed by atoms with van der Waals surface area (Å²) in [5.41, 5.74) is 2.61. The lowest BCUT2D eigenvalue weighted by Crippen LogP contribution is -1.92. The largest absolute Gasteiger partial charge is 0.370 e. The molecule has 0 saturated carbocycles. The summed E-state index contributed by atoms with van der Waals surface area (Å²) in [6.07, 6.45) is 3.03. The van der Waals surface area contributed by atoms with Gasteiger partial charge in [-0.3, -0.25) is 0 Å². The fourth-order valence-corrected chi connectivity index (χ4v) is 1.30.